The number of hydrogen-bond acceptors (Lipinski definition) is 6. The molecule has 0 unspecified atom stereocenters. The molecule has 3 rings (SSSR count). The molecule has 0 atom stereocenters. The molecule has 3 aromatic rings. The molecule has 0 aliphatic rings. The summed E-state index contributed by atoms with van der Waals surface area (Å²) in [5, 5.41) is 0. The Balaban J connectivity index is 1.69. The molecule has 37 heavy (non-hydrogen) atoms. The lowest BCUT2D eigenvalue weighted by Gasteiger charge is -2.23. The summed E-state index contributed by atoms with van der Waals surface area (Å²) in [4.78, 5) is 13.7. The zero-order chi connectivity index (χ0) is 27.1. The Bertz CT molecular complexity index is 1310. The molecule has 0 bridgehead atoms. The number of halogens is 3. The smallest absolute Gasteiger partial charge is 0.416 e. The van der Waals surface area contributed by atoms with Gasteiger partial charge in [-0.25, -0.2) is 13.2 Å². The monoisotopic (exact) mass is 535 g/mol. The van der Waals surface area contributed by atoms with E-state index < -0.39 is 27.5 Å². The number of nitrogens with zero attached hydrogens (tertiary/aromatic N) is 1. The molecule has 10 heteroatoms. The van der Waals surface area contributed by atoms with Crippen molar-refractivity contribution in [3.05, 3.63) is 95.1 Å². The molecule has 0 aromatic heterocycles. The van der Waals surface area contributed by atoms with E-state index in [0.717, 1.165) is 24.0 Å². The van der Waals surface area contributed by atoms with Gasteiger partial charge in [0.25, 0.3) is 0 Å². The Kier molecular flexibility index (Phi) is 9.34. The molecule has 0 aliphatic carbocycles. The third-order valence-corrected chi connectivity index (χ3v) is 6.69. The zero-order valence-corrected chi connectivity index (χ0v) is 21.3. The van der Waals surface area contributed by atoms with Crippen LogP contribution in [0.25, 0.3) is 0 Å². The SMILES string of the molecule is COC(=O)c1ccc(OCCCN(Cc2ccccc2)Cc2cccc(C(F)(F)F)c2)cc1S(C)(=O)=O. The van der Waals surface area contributed by atoms with Crippen molar-refractivity contribution < 1.29 is 35.9 Å². The molecular weight excluding hydrogens is 507 g/mol. The first-order valence-electron chi connectivity index (χ1n) is 11.4. The molecule has 0 aliphatic heterocycles. The van der Waals surface area contributed by atoms with Gasteiger partial charge in [-0.2, -0.15) is 13.2 Å². The summed E-state index contributed by atoms with van der Waals surface area (Å²) in [6.07, 6.45) is -2.89. The van der Waals surface area contributed by atoms with E-state index in [2.05, 4.69) is 4.74 Å². The number of hydrogen-bond donors (Lipinski definition) is 0. The molecule has 0 saturated heterocycles. The summed E-state index contributed by atoms with van der Waals surface area (Å²) in [7, 11) is -2.54. The molecule has 0 saturated carbocycles. The van der Waals surface area contributed by atoms with E-state index >= 15 is 0 Å². The van der Waals surface area contributed by atoms with Gasteiger partial charge in [0.05, 0.1) is 29.7 Å². The van der Waals surface area contributed by atoms with E-state index in [-0.39, 0.29) is 22.8 Å². The van der Waals surface area contributed by atoms with Crippen LogP contribution in [0.2, 0.25) is 0 Å². The molecule has 0 heterocycles. The van der Waals surface area contributed by atoms with Crippen LogP contribution in [0.15, 0.2) is 77.7 Å². The van der Waals surface area contributed by atoms with Gasteiger partial charge in [0.15, 0.2) is 9.84 Å². The Morgan fingerprint density at radius 2 is 1.59 bits per heavy atom. The Labute approximate surface area is 214 Å². The van der Waals surface area contributed by atoms with Crippen molar-refractivity contribution in [3.8, 4) is 5.75 Å². The number of carbonyl (C=O) groups excluding carboxylic acids is 1. The van der Waals surface area contributed by atoms with Gasteiger partial charge in [-0.05, 0) is 41.8 Å². The fourth-order valence-electron chi connectivity index (χ4n) is 3.82. The maximum Gasteiger partial charge on any atom is 0.416 e. The van der Waals surface area contributed by atoms with Gasteiger partial charge in [0.2, 0.25) is 0 Å². The van der Waals surface area contributed by atoms with Crippen LogP contribution in [0.4, 0.5) is 13.2 Å². The molecule has 3 aromatic carbocycles. The quantitative estimate of drug-likeness (QED) is 0.243. The maximum atomic E-state index is 13.2. The van der Waals surface area contributed by atoms with E-state index in [1.165, 1.54) is 31.4 Å². The van der Waals surface area contributed by atoms with Crippen LogP contribution in [0.3, 0.4) is 0 Å². The number of sulfone groups is 1. The second kappa shape index (κ2) is 12.2. The van der Waals surface area contributed by atoms with Gasteiger partial charge < -0.3 is 9.47 Å². The lowest BCUT2D eigenvalue weighted by Crippen LogP contribution is -2.25. The number of esters is 1. The summed E-state index contributed by atoms with van der Waals surface area (Å²) in [5.41, 5.74) is 0.798. The average molecular weight is 536 g/mol. The first-order chi connectivity index (χ1) is 17.5. The van der Waals surface area contributed by atoms with Crippen molar-refractivity contribution >= 4 is 15.8 Å². The molecule has 198 valence electrons. The van der Waals surface area contributed by atoms with Crippen LogP contribution in [0, 0.1) is 0 Å². The highest BCUT2D eigenvalue weighted by atomic mass is 32.2. The van der Waals surface area contributed by atoms with Gasteiger partial charge in [0, 0.05) is 25.9 Å². The Hall–Kier alpha value is -3.37. The third-order valence-electron chi connectivity index (χ3n) is 5.55. The first-order valence-corrected chi connectivity index (χ1v) is 13.3. The second-order valence-corrected chi connectivity index (χ2v) is 10.5. The van der Waals surface area contributed by atoms with Gasteiger partial charge in [0.1, 0.15) is 5.75 Å². The van der Waals surface area contributed by atoms with Crippen LogP contribution < -0.4 is 4.74 Å². The van der Waals surface area contributed by atoms with Crippen LogP contribution in [-0.4, -0.2) is 45.8 Å². The van der Waals surface area contributed by atoms with Crippen LogP contribution in [-0.2, 0) is 33.8 Å². The summed E-state index contributed by atoms with van der Waals surface area (Å²) in [6, 6.07) is 19.0. The minimum atomic E-state index is -4.41. The number of carbonyl (C=O) groups is 1. The van der Waals surface area contributed by atoms with Gasteiger partial charge in [-0.15, -0.1) is 0 Å². The number of ether oxygens (including phenoxy) is 2. The molecule has 0 spiro atoms. The molecular formula is C27H28F3NO5S. The molecule has 0 N–H and O–H groups in total. The number of methoxy groups -OCH3 is 1. The highest BCUT2D eigenvalue weighted by Gasteiger charge is 2.30. The van der Waals surface area contributed by atoms with E-state index in [4.69, 9.17) is 4.74 Å². The molecule has 0 fully saturated rings. The largest absolute Gasteiger partial charge is 0.494 e. The van der Waals surface area contributed by atoms with Crippen molar-refractivity contribution in [1.82, 2.24) is 4.90 Å². The molecule has 0 amide bonds. The van der Waals surface area contributed by atoms with E-state index in [9.17, 15) is 26.4 Å². The molecule has 6 nitrogen and oxygen atoms in total. The van der Waals surface area contributed by atoms with E-state index in [1.54, 1.807) is 6.07 Å². The summed E-state index contributed by atoms with van der Waals surface area (Å²) >= 11 is 0. The summed E-state index contributed by atoms with van der Waals surface area (Å²) < 4.78 is 74.1. The number of rotatable bonds is 11. The summed E-state index contributed by atoms with van der Waals surface area (Å²) in [6.45, 7) is 1.59. The summed E-state index contributed by atoms with van der Waals surface area (Å²) in [5.74, 6) is -0.487. The van der Waals surface area contributed by atoms with Crippen LogP contribution >= 0.6 is 0 Å². The van der Waals surface area contributed by atoms with Crippen molar-refractivity contribution in [2.24, 2.45) is 0 Å². The van der Waals surface area contributed by atoms with Crippen LogP contribution in [0.1, 0.15) is 33.5 Å². The van der Waals surface area contributed by atoms with Crippen molar-refractivity contribution in [2.45, 2.75) is 30.6 Å². The molecule has 0 radical (unpaired) electrons. The van der Waals surface area contributed by atoms with Crippen molar-refractivity contribution in [1.29, 1.82) is 0 Å². The minimum absolute atomic E-state index is 0.0764. The van der Waals surface area contributed by atoms with E-state index in [0.29, 0.717) is 31.6 Å². The van der Waals surface area contributed by atoms with Gasteiger partial charge in [-0.1, -0.05) is 48.5 Å². The van der Waals surface area contributed by atoms with Gasteiger partial charge in [-0.3, -0.25) is 4.90 Å². The standard InChI is InChI=1S/C27H28F3NO5S/c1-35-26(32)24-13-12-23(17-25(24)37(2,33)34)36-15-7-14-31(18-20-8-4-3-5-9-20)19-21-10-6-11-22(16-21)27(28,29)30/h3-6,8-13,16-17H,7,14-15,18-19H2,1-2H3. The Morgan fingerprint density at radius 1 is 0.919 bits per heavy atom. The highest BCUT2D eigenvalue weighted by molar-refractivity contribution is 7.90. The minimum Gasteiger partial charge on any atom is -0.494 e. The maximum absolute atomic E-state index is 13.2. The topological polar surface area (TPSA) is 72.9 Å². The Morgan fingerprint density at radius 3 is 2.24 bits per heavy atom. The predicted octanol–water partition coefficient (Wildman–Crippen LogP) is 5.37. The number of alkyl halides is 3. The normalized spacial score (nSPS) is 11.9. The predicted molar refractivity (Wildman–Crippen MR) is 133 cm³/mol. The number of benzene rings is 3. The average Bonchev–Trinajstić information content (AvgIpc) is 2.85. The zero-order valence-electron chi connectivity index (χ0n) is 20.5. The van der Waals surface area contributed by atoms with Crippen molar-refractivity contribution in [2.75, 3.05) is 26.5 Å². The van der Waals surface area contributed by atoms with Crippen molar-refractivity contribution in [3.63, 3.8) is 0 Å². The first kappa shape index (κ1) is 28.2. The second-order valence-electron chi connectivity index (χ2n) is 8.52. The fourth-order valence-corrected chi connectivity index (χ4v) is 4.70. The van der Waals surface area contributed by atoms with E-state index in [1.807, 2.05) is 35.2 Å². The van der Waals surface area contributed by atoms with Gasteiger partial charge >= 0.3 is 12.1 Å². The van der Waals surface area contributed by atoms with Crippen LogP contribution in [0.5, 0.6) is 5.75 Å². The lowest BCUT2D eigenvalue weighted by molar-refractivity contribution is -0.137. The fraction of sp³-hybridized carbons (Fsp3) is 0.296. The third kappa shape index (κ3) is 8.33. The highest BCUT2D eigenvalue weighted by Crippen LogP contribution is 2.30. The lowest BCUT2D eigenvalue weighted by atomic mass is 10.1.